The first-order valence-electron chi connectivity index (χ1n) is 7.33. The van der Waals surface area contributed by atoms with E-state index in [1.807, 2.05) is 88.4 Å². The third-order valence-corrected chi connectivity index (χ3v) is 2.44. The zero-order valence-electron chi connectivity index (χ0n) is 13.2. The van der Waals surface area contributed by atoms with Gasteiger partial charge in [0, 0.05) is 6.08 Å². The van der Waals surface area contributed by atoms with Crippen LogP contribution in [0.25, 0.3) is 5.57 Å². The summed E-state index contributed by atoms with van der Waals surface area (Å²) < 4.78 is 0. The molecule has 0 radical (unpaired) electrons. The number of carboxylic acids is 1. The lowest BCUT2D eigenvalue weighted by molar-refractivity contribution is -0.131. The lowest BCUT2D eigenvalue weighted by atomic mass is 9.98. The number of carbonyl (C=O) groups is 1. The summed E-state index contributed by atoms with van der Waals surface area (Å²) in [6.07, 6.45) is 1.24. The normalized spacial score (nSPS) is 8.38. The quantitative estimate of drug-likeness (QED) is 0.781. The summed E-state index contributed by atoms with van der Waals surface area (Å²) in [5, 5.41) is 8.93. The maximum atomic E-state index is 10.9. The monoisotopic (exact) mass is 284 g/mol. The second-order valence-corrected chi connectivity index (χ2v) is 3.63. The lowest BCUT2D eigenvalue weighted by Gasteiger charge is -2.06. The van der Waals surface area contributed by atoms with Gasteiger partial charge in [0.2, 0.25) is 0 Å². The molecule has 0 unspecified atom stereocenters. The maximum absolute atomic E-state index is 10.9. The van der Waals surface area contributed by atoms with Gasteiger partial charge in [0.05, 0.1) is 0 Å². The van der Waals surface area contributed by atoms with Gasteiger partial charge in [0.1, 0.15) is 0 Å². The van der Waals surface area contributed by atoms with Crippen molar-refractivity contribution in [3.8, 4) is 0 Å². The molecule has 0 aliphatic heterocycles. The number of aliphatic carboxylic acids is 1. The van der Waals surface area contributed by atoms with Crippen LogP contribution in [0.5, 0.6) is 0 Å². The fourth-order valence-corrected chi connectivity index (χ4v) is 1.69. The van der Waals surface area contributed by atoms with Gasteiger partial charge >= 0.3 is 5.97 Å². The van der Waals surface area contributed by atoms with Gasteiger partial charge in [-0.3, -0.25) is 0 Å². The Bertz CT molecular complexity index is 487. The molecule has 112 valence electrons. The van der Waals surface area contributed by atoms with Crippen LogP contribution in [-0.2, 0) is 4.79 Å². The predicted octanol–water partition coefficient (Wildman–Crippen LogP) is 5.26. The Morgan fingerprint density at radius 1 is 0.762 bits per heavy atom. The topological polar surface area (TPSA) is 37.3 Å². The van der Waals surface area contributed by atoms with Crippen LogP contribution >= 0.6 is 0 Å². The van der Waals surface area contributed by atoms with E-state index in [9.17, 15) is 4.79 Å². The molecule has 0 saturated heterocycles. The molecule has 0 aliphatic carbocycles. The summed E-state index contributed by atoms with van der Waals surface area (Å²) in [4.78, 5) is 10.9. The third-order valence-electron chi connectivity index (χ3n) is 2.44. The molecule has 21 heavy (non-hydrogen) atoms. The van der Waals surface area contributed by atoms with Crippen LogP contribution in [-0.4, -0.2) is 11.1 Å². The number of rotatable bonds is 3. The van der Waals surface area contributed by atoms with E-state index < -0.39 is 5.97 Å². The molecule has 0 spiro atoms. The van der Waals surface area contributed by atoms with Gasteiger partial charge in [-0.25, -0.2) is 4.79 Å². The average Bonchev–Trinajstić information content (AvgIpc) is 2.58. The molecule has 1 N–H and O–H groups in total. The van der Waals surface area contributed by atoms with Crippen LogP contribution in [0, 0.1) is 0 Å². The Balaban J connectivity index is 0.000000921. The highest BCUT2D eigenvalue weighted by Crippen LogP contribution is 2.22. The molecule has 0 amide bonds. The van der Waals surface area contributed by atoms with Gasteiger partial charge in [-0.1, -0.05) is 88.4 Å². The van der Waals surface area contributed by atoms with E-state index in [-0.39, 0.29) is 0 Å². The summed E-state index contributed by atoms with van der Waals surface area (Å²) in [6.45, 7) is 8.00. The maximum Gasteiger partial charge on any atom is 0.328 e. The first-order chi connectivity index (χ1) is 10.3. The van der Waals surface area contributed by atoms with Crippen molar-refractivity contribution >= 4 is 11.5 Å². The molecule has 2 heteroatoms. The molecule has 0 aliphatic rings. The van der Waals surface area contributed by atoms with E-state index in [2.05, 4.69) is 0 Å². The van der Waals surface area contributed by atoms with E-state index in [1.165, 1.54) is 6.08 Å². The summed E-state index contributed by atoms with van der Waals surface area (Å²) in [5.41, 5.74) is 2.53. The van der Waals surface area contributed by atoms with Crippen LogP contribution in [0.2, 0.25) is 0 Å². The standard InChI is InChI=1S/C15H12O2.2C2H6/c16-15(17)11-14(12-7-3-1-4-8-12)13-9-5-2-6-10-13;2*1-2/h1-11H,(H,16,17);2*1-2H3. The van der Waals surface area contributed by atoms with Crippen molar-refractivity contribution in [1.82, 2.24) is 0 Å². The van der Waals surface area contributed by atoms with E-state index >= 15 is 0 Å². The summed E-state index contributed by atoms with van der Waals surface area (Å²) in [6, 6.07) is 19.0. The first kappa shape index (κ1) is 18.6. The number of carboxylic acid groups (broad SMARTS) is 1. The molecule has 0 heterocycles. The lowest BCUT2D eigenvalue weighted by Crippen LogP contribution is -1.94. The smallest absolute Gasteiger partial charge is 0.328 e. The number of benzene rings is 2. The van der Waals surface area contributed by atoms with Crippen LogP contribution in [0.15, 0.2) is 66.7 Å². The van der Waals surface area contributed by atoms with E-state index in [4.69, 9.17) is 5.11 Å². The minimum atomic E-state index is -0.937. The van der Waals surface area contributed by atoms with Crippen molar-refractivity contribution in [1.29, 1.82) is 0 Å². The Labute approximate surface area is 127 Å². The number of hydrogen-bond donors (Lipinski definition) is 1. The van der Waals surface area contributed by atoms with Gasteiger partial charge in [0.15, 0.2) is 0 Å². The Kier molecular flexibility index (Phi) is 10.2. The largest absolute Gasteiger partial charge is 0.478 e. The molecule has 2 aromatic carbocycles. The zero-order chi connectivity index (χ0) is 16.1. The van der Waals surface area contributed by atoms with Crippen molar-refractivity contribution < 1.29 is 9.90 Å². The van der Waals surface area contributed by atoms with E-state index in [1.54, 1.807) is 0 Å². The molecular weight excluding hydrogens is 260 g/mol. The fraction of sp³-hybridized carbons (Fsp3) is 0.211. The van der Waals surface area contributed by atoms with E-state index in [0.29, 0.717) is 0 Å². The summed E-state index contributed by atoms with van der Waals surface area (Å²) in [5.74, 6) is -0.937. The summed E-state index contributed by atoms with van der Waals surface area (Å²) >= 11 is 0. The van der Waals surface area contributed by atoms with Gasteiger partial charge < -0.3 is 5.11 Å². The Hall–Kier alpha value is -2.35. The molecule has 2 rings (SSSR count). The molecule has 2 aromatic rings. The second-order valence-electron chi connectivity index (χ2n) is 3.63. The highest BCUT2D eigenvalue weighted by Gasteiger charge is 2.05. The Morgan fingerprint density at radius 3 is 1.38 bits per heavy atom. The highest BCUT2D eigenvalue weighted by molar-refractivity contribution is 5.95. The van der Waals surface area contributed by atoms with Gasteiger partial charge in [-0.15, -0.1) is 0 Å². The zero-order valence-corrected chi connectivity index (χ0v) is 13.2. The van der Waals surface area contributed by atoms with Crippen molar-refractivity contribution in [2.45, 2.75) is 27.7 Å². The van der Waals surface area contributed by atoms with Gasteiger partial charge in [-0.2, -0.15) is 0 Å². The fourth-order valence-electron chi connectivity index (χ4n) is 1.69. The second kappa shape index (κ2) is 11.5. The predicted molar refractivity (Wildman–Crippen MR) is 90.3 cm³/mol. The minimum absolute atomic E-state index is 0.721. The minimum Gasteiger partial charge on any atom is -0.478 e. The van der Waals surface area contributed by atoms with Crippen molar-refractivity contribution in [3.63, 3.8) is 0 Å². The molecule has 0 bridgehead atoms. The van der Waals surface area contributed by atoms with Gasteiger partial charge in [-0.05, 0) is 16.7 Å². The molecule has 0 fully saturated rings. The SMILES string of the molecule is CC.CC.O=C(O)C=C(c1ccccc1)c1ccccc1. The third kappa shape index (κ3) is 6.57. The molecule has 2 nitrogen and oxygen atoms in total. The highest BCUT2D eigenvalue weighted by atomic mass is 16.4. The molecule has 0 aromatic heterocycles. The van der Waals surface area contributed by atoms with Crippen LogP contribution < -0.4 is 0 Å². The Morgan fingerprint density at radius 2 is 1.10 bits per heavy atom. The van der Waals surface area contributed by atoms with E-state index in [0.717, 1.165) is 16.7 Å². The number of hydrogen-bond acceptors (Lipinski definition) is 1. The van der Waals surface area contributed by atoms with Crippen molar-refractivity contribution in [2.75, 3.05) is 0 Å². The molecular formula is C19H24O2. The van der Waals surface area contributed by atoms with Crippen LogP contribution in [0.1, 0.15) is 38.8 Å². The van der Waals surface area contributed by atoms with Gasteiger partial charge in [0.25, 0.3) is 0 Å². The first-order valence-corrected chi connectivity index (χ1v) is 7.33. The molecule has 0 atom stereocenters. The summed E-state index contributed by atoms with van der Waals surface area (Å²) in [7, 11) is 0. The van der Waals surface area contributed by atoms with Crippen LogP contribution in [0.3, 0.4) is 0 Å². The van der Waals surface area contributed by atoms with Crippen molar-refractivity contribution in [3.05, 3.63) is 77.9 Å². The van der Waals surface area contributed by atoms with Crippen molar-refractivity contribution in [2.24, 2.45) is 0 Å². The average molecular weight is 284 g/mol. The molecule has 0 saturated carbocycles. The van der Waals surface area contributed by atoms with Crippen LogP contribution in [0.4, 0.5) is 0 Å².